The van der Waals surface area contributed by atoms with Crippen LogP contribution < -0.4 is 10.6 Å². The van der Waals surface area contributed by atoms with E-state index in [1.165, 1.54) is 22.9 Å². The van der Waals surface area contributed by atoms with Crippen LogP contribution in [0.1, 0.15) is 36.8 Å². The number of fused-ring (bicyclic) bond motifs is 2. The lowest BCUT2D eigenvalue weighted by Crippen LogP contribution is -2.42. The fourth-order valence-corrected chi connectivity index (χ4v) is 6.57. The second-order valence-electron chi connectivity index (χ2n) is 8.98. The zero-order chi connectivity index (χ0) is 22.6. The molecular formula is C24H24ClN7S. The van der Waals surface area contributed by atoms with E-state index in [1.807, 2.05) is 30.9 Å². The summed E-state index contributed by atoms with van der Waals surface area (Å²) >= 11 is 7.86. The zero-order valence-corrected chi connectivity index (χ0v) is 19.9. The highest BCUT2D eigenvalue weighted by Crippen LogP contribution is 2.53. The zero-order valence-electron chi connectivity index (χ0n) is 18.3. The average Bonchev–Trinajstić information content (AvgIpc) is 3.42. The quantitative estimate of drug-likeness (QED) is 0.451. The van der Waals surface area contributed by atoms with Crippen LogP contribution in [0.4, 0.5) is 11.8 Å². The number of anilines is 2. The Bertz CT molecular complexity index is 1350. The average molecular weight is 478 g/mol. The molecule has 0 bridgehead atoms. The Labute approximate surface area is 201 Å². The van der Waals surface area contributed by atoms with E-state index < -0.39 is 0 Å². The van der Waals surface area contributed by atoms with Crippen LogP contribution in [0, 0.1) is 5.41 Å². The first-order chi connectivity index (χ1) is 16.1. The molecule has 4 aromatic heterocycles. The topological polar surface area (TPSA) is 85.2 Å². The van der Waals surface area contributed by atoms with Crippen molar-refractivity contribution in [2.75, 3.05) is 23.7 Å². The largest absolute Gasteiger partial charge is 0.382 e. The Kier molecular flexibility index (Phi) is 4.96. The Hall–Kier alpha value is -2.84. The number of imidazole rings is 1. The van der Waals surface area contributed by atoms with Gasteiger partial charge in [0.15, 0.2) is 5.65 Å². The third-order valence-corrected chi connectivity index (χ3v) is 8.97. The second-order valence-corrected chi connectivity index (χ2v) is 10.4. The fourth-order valence-electron chi connectivity index (χ4n) is 5.44. The summed E-state index contributed by atoms with van der Waals surface area (Å²) in [6.07, 6.45) is 14.8. The van der Waals surface area contributed by atoms with E-state index in [2.05, 4.69) is 43.4 Å². The molecular weight excluding hydrogens is 454 g/mol. The van der Waals surface area contributed by atoms with Crippen LogP contribution in [0.15, 0.2) is 59.1 Å². The van der Waals surface area contributed by atoms with Crippen LogP contribution in [0.5, 0.6) is 0 Å². The van der Waals surface area contributed by atoms with Crippen LogP contribution in [-0.2, 0) is 6.42 Å². The fraction of sp³-hybridized carbons (Fsp3) is 0.333. The molecule has 2 N–H and O–H groups in total. The summed E-state index contributed by atoms with van der Waals surface area (Å²) in [4.78, 5) is 22.0. The summed E-state index contributed by atoms with van der Waals surface area (Å²) in [5.41, 5.74) is 9.96. The van der Waals surface area contributed by atoms with E-state index in [4.69, 9.17) is 22.3 Å². The Morgan fingerprint density at radius 1 is 1.06 bits per heavy atom. The third-order valence-electron chi connectivity index (χ3n) is 7.39. The molecule has 1 aliphatic carbocycles. The molecule has 5 heterocycles. The van der Waals surface area contributed by atoms with Crippen molar-refractivity contribution in [3.63, 3.8) is 0 Å². The van der Waals surface area contributed by atoms with E-state index in [0.717, 1.165) is 53.7 Å². The minimum Gasteiger partial charge on any atom is -0.382 e. The molecule has 0 aromatic carbocycles. The first-order valence-corrected chi connectivity index (χ1v) is 12.3. The molecule has 168 valence electrons. The molecule has 1 fully saturated rings. The molecule has 1 aliphatic heterocycles. The second kappa shape index (κ2) is 7.88. The van der Waals surface area contributed by atoms with Crippen molar-refractivity contribution >= 4 is 40.8 Å². The highest BCUT2D eigenvalue weighted by Gasteiger charge is 2.45. The molecule has 1 saturated heterocycles. The maximum Gasteiger partial charge on any atom is 0.211 e. The maximum atomic E-state index is 6.36. The first kappa shape index (κ1) is 20.7. The van der Waals surface area contributed by atoms with Gasteiger partial charge in [-0.15, -0.1) is 0 Å². The predicted octanol–water partition coefficient (Wildman–Crippen LogP) is 4.85. The van der Waals surface area contributed by atoms with Crippen molar-refractivity contribution < 1.29 is 0 Å². The normalized spacial score (nSPS) is 19.3. The van der Waals surface area contributed by atoms with Gasteiger partial charge < -0.3 is 10.6 Å². The van der Waals surface area contributed by atoms with E-state index >= 15 is 0 Å². The summed E-state index contributed by atoms with van der Waals surface area (Å²) in [5.74, 6) is 1.81. The van der Waals surface area contributed by atoms with Crippen molar-refractivity contribution in [2.24, 2.45) is 5.41 Å². The molecule has 0 saturated carbocycles. The van der Waals surface area contributed by atoms with E-state index in [9.17, 15) is 0 Å². The lowest BCUT2D eigenvalue weighted by Gasteiger charge is -2.42. The van der Waals surface area contributed by atoms with E-state index in [0.29, 0.717) is 22.2 Å². The van der Waals surface area contributed by atoms with Gasteiger partial charge in [-0.2, -0.15) is 0 Å². The van der Waals surface area contributed by atoms with Gasteiger partial charge in [0.05, 0.1) is 9.92 Å². The molecule has 9 heteroatoms. The number of halogens is 1. The van der Waals surface area contributed by atoms with Crippen molar-refractivity contribution in [3.05, 3.63) is 65.5 Å². The number of rotatable bonds is 3. The number of nitrogen functional groups attached to an aromatic ring is 1. The number of nitrogens with zero attached hydrogens (tertiary/aromatic N) is 6. The predicted molar refractivity (Wildman–Crippen MR) is 131 cm³/mol. The van der Waals surface area contributed by atoms with Crippen LogP contribution in [0.25, 0.3) is 5.65 Å². The molecule has 1 atom stereocenters. The van der Waals surface area contributed by atoms with E-state index in [1.54, 1.807) is 6.20 Å². The highest BCUT2D eigenvalue weighted by molar-refractivity contribution is 7.99. The lowest BCUT2D eigenvalue weighted by atomic mass is 9.70. The molecule has 0 amide bonds. The molecule has 4 aromatic rings. The van der Waals surface area contributed by atoms with Crippen LogP contribution in [0.3, 0.4) is 0 Å². The third kappa shape index (κ3) is 3.35. The number of nitrogens with two attached hydrogens (primary N) is 1. The van der Waals surface area contributed by atoms with Gasteiger partial charge in [-0.1, -0.05) is 30.3 Å². The van der Waals surface area contributed by atoms with Crippen molar-refractivity contribution in [3.8, 4) is 0 Å². The summed E-state index contributed by atoms with van der Waals surface area (Å²) in [5, 5.41) is 0.458. The number of piperidine rings is 1. The van der Waals surface area contributed by atoms with Gasteiger partial charge in [0, 0.05) is 55.2 Å². The minimum absolute atomic E-state index is 0.323. The molecule has 0 unspecified atom stereocenters. The smallest absolute Gasteiger partial charge is 0.211 e. The van der Waals surface area contributed by atoms with Gasteiger partial charge in [-0.05, 0) is 53.9 Å². The SMILES string of the molecule is C[C@@H]1c2cnccc2CC12CCN(c1ncc(Sc3ccnc(N)c3Cl)c3nccn13)CC2. The molecule has 6 rings (SSSR count). The van der Waals surface area contributed by atoms with Gasteiger partial charge in [-0.3, -0.25) is 9.38 Å². The van der Waals surface area contributed by atoms with E-state index in [-0.39, 0.29) is 0 Å². The Balaban J connectivity index is 1.25. The van der Waals surface area contributed by atoms with Crippen molar-refractivity contribution in [1.29, 1.82) is 0 Å². The molecule has 33 heavy (non-hydrogen) atoms. The van der Waals surface area contributed by atoms with Crippen LogP contribution >= 0.6 is 23.4 Å². The highest BCUT2D eigenvalue weighted by atomic mass is 35.5. The van der Waals surface area contributed by atoms with Crippen LogP contribution in [-0.4, -0.2) is 37.4 Å². The molecule has 1 spiro atoms. The maximum absolute atomic E-state index is 6.36. The summed E-state index contributed by atoms with van der Waals surface area (Å²) < 4.78 is 2.08. The number of hydrogen-bond acceptors (Lipinski definition) is 7. The lowest BCUT2D eigenvalue weighted by molar-refractivity contribution is 0.193. The minimum atomic E-state index is 0.323. The molecule has 0 radical (unpaired) electrons. The van der Waals surface area contributed by atoms with Gasteiger partial charge in [0.2, 0.25) is 5.95 Å². The van der Waals surface area contributed by atoms with Gasteiger partial charge in [0.25, 0.3) is 0 Å². The van der Waals surface area contributed by atoms with Crippen LogP contribution in [0.2, 0.25) is 5.02 Å². The van der Waals surface area contributed by atoms with Gasteiger partial charge >= 0.3 is 0 Å². The number of hydrogen-bond donors (Lipinski definition) is 1. The number of aromatic nitrogens is 5. The summed E-state index contributed by atoms with van der Waals surface area (Å²) in [6, 6.07) is 4.06. The molecule has 7 nitrogen and oxygen atoms in total. The summed E-state index contributed by atoms with van der Waals surface area (Å²) in [6.45, 7) is 4.33. The van der Waals surface area contributed by atoms with Crippen molar-refractivity contribution in [1.82, 2.24) is 24.3 Å². The Morgan fingerprint density at radius 2 is 1.91 bits per heavy atom. The van der Waals surface area contributed by atoms with Gasteiger partial charge in [-0.25, -0.2) is 15.0 Å². The summed E-state index contributed by atoms with van der Waals surface area (Å²) in [7, 11) is 0. The Morgan fingerprint density at radius 3 is 2.73 bits per heavy atom. The monoisotopic (exact) mass is 477 g/mol. The van der Waals surface area contributed by atoms with Crippen molar-refractivity contribution in [2.45, 2.75) is 41.9 Å². The standard InChI is InChI=1S/C24H24ClN7S/c1-15-17-13-27-6-2-16(17)12-24(15)4-9-31(10-5-24)23-30-14-19(22-29-8-11-32(22)23)33-18-3-7-28-21(26)20(18)25/h2-3,6-8,11,13-15H,4-5,9-10,12H2,1H3,(H2,26,28)/t15-/m1/s1. The van der Waals surface area contributed by atoms with Gasteiger partial charge in [0.1, 0.15) is 5.82 Å². The molecule has 2 aliphatic rings. The first-order valence-electron chi connectivity index (χ1n) is 11.1. The number of pyridine rings is 2.